The van der Waals surface area contributed by atoms with Crippen LogP contribution in [0.3, 0.4) is 0 Å². The second kappa shape index (κ2) is 6.88. The van der Waals surface area contributed by atoms with Crippen LogP contribution in [0, 0.1) is 0 Å². The molecule has 0 spiro atoms. The smallest absolute Gasteiger partial charge is 0.323 e. The van der Waals surface area contributed by atoms with Crippen LogP contribution in [0.1, 0.15) is 23.4 Å². The van der Waals surface area contributed by atoms with E-state index in [4.69, 9.17) is 9.47 Å². The van der Waals surface area contributed by atoms with E-state index >= 15 is 0 Å². The molecule has 0 aromatic heterocycles. The predicted octanol–water partition coefficient (Wildman–Crippen LogP) is 4.26. The van der Waals surface area contributed by atoms with Gasteiger partial charge in [0, 0.05) is 18.0 Å². The molecule has 130 valence electrons. The molecule has 2 aliphatic heterocycles. The van der Waals surface area contributed by atoms with Crippen LogP contribution >= 0.6 is 11.8 Å². The monoisotopic (exact) mass is 356 g/mol. The number of hydrogen-bond acceptors (Lipinski definition) is 4. The Kier molecular flexibility index (Phi) is 4.44. The number of carbonyl (C=O) groups is 1. The third kappa shape index (κ3) is 3.26. The van der Waals surface area contributed by atoms with E-state index in [0.29, 0.717) is 0 Å². The number of thioether (sulfide) groups is 1. The van der Waals surface area contributed by atoms with Crippen molar-refractivity contribution in [3.05, 3.63) is 53.6 Å². The van der Waals surface area contributed by atoms with Gasteiger partial charge >= 0.3 is 6.03 Å². The summed E-state index contributed by atoms with van der Waals surface area (Å²) in [7, 11) is 0. The lowest BCUT2D eigenvalue weighted by atomic mass is 10.1. The molecule has 0 radical (unpaired) electrons. The summed E-state index contributed by atoms with van der Waals surface area (Å²) in [4.78, 5) is 14.7. The number of fused-ring (bicyclic) bond motifs is 1. The number of anilines is 1. The molecule has 1 atom stereocenters. The SMILES string of the molecule is CCc1cccc(NC(=O)N2CCS[C@H]2c2ccc3c(c2)OCO3)c1. The molecule has 6 heteroatoms. The Bertz CT molecular complexity index is 796. The molecule has 2 aliphatic rings. The highest BCUT2D eigenvalue weighted by Gasteiger charge is 2.31. The van der Waals surface area contributed by atoms with Crippen LogP contribution in [-0.2, 0) is 6.42 Å². The lowest BCUT2D eigenvalue weighted by Crippen LogP contribution is -2.34. The summed E-state index contributed by atoms with van der Waals surface area (Å²) in [6, 6.07) is 13.8. The van der Waals surface area contributed by atoms with Crippen molar-refractivity contribution in [2.75, 3.05) is 24.4 Å². The van der Waals surface area contributed by atoms with Gasteiger partial charge in [0.2, 0.25) is 6.79 Å². The standard InChI is InChI=1S/C19H20N2O3S/c1-2-13-4-3-5-15(10-13)20-19(22)21-8-9-25-18(21)14-6-7-16-17(11-14)24-12-23-16/h3-7,10-11,18H,2,8-9,12H2,1H3,(H,20,22)/t18-/m0/s1. The molecule has 0 unspecified atom stereocenters. The Morgan fingerprint density at radius 2 is 2.12 bits per heavy atom. The normalized spacial score (nSPS) is 18.4. The first-order valence-electron chi connectivity index (χ1n) is 8.42. The average molecular weight is 356 g/mol. The molecule has 1 N–H and O–H groups in total. The Morgan fingerprint density at radius 1 is 1.24 bits per heavy atom. The van der Waals surface area contributed by atoms with Gasteiger partial charge in [0.05, 0.1) is 0 Å². The maximum atomic E-state index is 12.8. The second-order valence-electron chi connectivity index (χ2n) is 6.01. The number of amides is 2. The fourth-order valence-corrected chi connectivity index (χ4v) is 4.33. The molecule has 4 rings (SSSR count). The van der Waals surface area contributed by atoms with Gasteiger partial charge < -0.3 is 19.7 Å². The molecule has 0 bridgehead atoms. The molecule has 1 saturated heterocycles. The van der Waals surface area contributed by atoms with Gasteiger partial charge in [-0.25, -0.2) is 4.79 Å². The second-order valence-corrected chi connectivity index (χ2v) is 7.20. The molecule has 0 aliphatic carbocycles. The van der Waals surface area contributed by atoms with Crippen LogP contribution in [0.4, 0.5) is 10.5 Å². The number of ether oxygens (including phenoxy) is 2. The number of nitrogens with zero attached hydrogens (tertiary/aromatic N) is 1. The number of aryl methyl sites for hydroxylation is 1. The third-order valence-electron chi connectivity index (χ3n) is 4.42. The summed E-state index contributed by atoms with van der Waals surface area (Å²) in [5.41, 5.74) is 3.11. The lowest BCUT2D eigenvalue weighted by Gasteiger charge is -2.24. The van der Waals surface area contributed by atoms with Crippen LogP contribution < -0.4 is 14.8 Å². The zero-order chi connectivity index (χ0) is 17.2. The van der Waals surface area contributed by atoms with E-state index in [0.717, 1.165) is 41.5 Å². The van der Waals surface area contributed by atoms with E-state index in [2.05, 4.69) is 18.3 Å². The molecular formula is C19H20N2O3S. The zero-order valence-corrected chi connectivity index (χ0v) is 14.8. The summed E-state index contributed by atoms with van der Waals surface area (Å²) in [5.74, 6) is 2.43. The fourth-order valence-electron chi connectivity index (χ4n) is 3.09. The molecule has 2 aromatic carbocycles. The predicted molar refractivity (Wildman–Crippen MR) is 99.3 cm³/mol. The fraction of sp³-hybridized carbons (Fsp3) is 0.316. The first-order chi connectivity index (χ1) is 12.2. The third-order valence-corrected chi connectivity index (χ3v) is 5.68. The number of hydrogen-bond donors (Lipinski definition) is 1. The Balaban J connectivity index is 1.51. The minimum absolute atomic E-state index is 0.0103. The van der Waals surface area contributed by atoms with E-state index < -0.39 is 0 Å². The van der Waals surface area contributed by atoms with Gasteiger partial charge in [0.25, 0.3) is 0 Å². The number of carbonyl (C=O) groups excluding carboxylic acids is 1. The summed E-state index contributed by atoms with van der Waals surface area (Å²) < 4.78 is 10.8. The van der Waals surface area contributed by atoms with Gasteiger partial charge in [-0.1, -0.05) is 25.1 Å². The molecule has 2 aromatic rings. The van der Waals surface area contributed by atoms with Crippen molar-refractivity contribution in [2.24, 2.45) is 0 Å². The van der Waals surface area contributed by atoms with E-state index in [-0.39, 0.29) is 18.2 Å². The van der Waals surface area contributed by atoms with Crippen molar-refractivity contribution in [3.63, 3.8) is 0 Å². The van der Waals surface area contributed by atoms with Gasteiger partial charge in [-0.05, 0) is 41.8 Å². The maximum Gasteiger partial charge on any atom is 0.323 e. The van der Waals surface area contributed by atoms with E-state index in [1.807, 2.05) is 41.3 Å². The summed E-state index contributed by atoms with van der Waals surface area (Å²) in [5, 5.41) is 3.02. The van der Waals surface area contributed by atoms with Crippen molar-refractivity contribution >= 4 is 23.5 Å². The van der Waals surface area contributed by atoms with Crippen molar-refractivity contribution in [2.45, 2.75) is 18.7 Å². The Labute approximate surface area is 151 Å². The molecule has 2 heterocycles. The van der Waals surface area contributed by atoms with Crippen molar-refractivity contribution in [3.8, 4) is 11.5 Å². The molecule has 5 nitrogen and oxygen atoms in total. The molecule has 0 saturated carbocycles. The lowest BCUT2D eigenvalue weighted by molar-refractivity contribution is 0.174. The quantitative estimate of drug-likeness (QED) is 0.893. The van der Waals surface area contributed by atoms with Gasteiger partial charge in [-0.2, -0.15) is 0 Å². The largest absolute Gasteiger partial charge is 0.454 e. The van der Waals surface area contributed by atoms with Gasteiger partial charge in [0.1, 0.15) is 5.37 Å². The van der Waals surface area contributed by atoms with Gasteiger partial charge in [0.15, 0.2) is 11.5 Å². The number of urea groups is 1. The number of rotatable bonds is 3. The first kappa shape index (κ1) is 16.1. The van der Waals surface area contributed by atoms with Crippen LogP contribution in [0.2, 0.25) is 0 Å². The van der Waals surface area contributed by atoms with E-state index in [1.165, 1.54) is 5.56 Å². The minimum atomic E-state index is -0.0686. The number of nitrogens with one attached hydrogen (secondary N) is 1. The first-order valence-corrected chi connectivity index (χ1v) is 9.47. The van der Waals surface area contributed by atoms with Crippen molar-refractivity contribution in [1.29, 1.82) is 0 Å². The van der Waals surface area contributed by atoms with Crippen LogP contribution in [-0.4, -0.2) is 30.0 Å². The molecular weight excluding hydrogens is 336 g/mol. The van der Waals surface area contributed by atoms with Crippen LogP contribution in [0.5, 0.6) is 11.5 Å². The van der Waals surface area contributed by atoms with E-state index in [9.17, 15) is 4.79 Å². The minimum Gasteiger partial charge on any atom is -0.454 e. The molecule has 1 fully saturated rings. The highest BCUT2D eigenvalue weighted by molar-refractivity contribution is 7.99. The average Bonchev–Trinajstić information content (AvgIpc) is 3.30. The summed E-state index contributed by atoms with van der Waals surface area (Å²) in [6.45, 7) is 3.09. The van der Waals surface area contributed by atoms with Crippen molar-refractivity contribution < 1.29 is 14.3 Å². The van der Waals surface area contributed by atoms with Crippen molar-refractivity contribution in [1.82, 2.24) is 4.90 Å². The van der Waals surface area contributed by atoms with Crippen LogP contribution in [0.25, 0.3) is 0 Å². The summed E-state index contributed by atoms with van der Waals surface area (Å²) >= 11 is 1.76. The van der Waals surface area contributed by atoms with Crippen LogP contribution in [0.15, 0.2) is 42.5 Å². The molecule has 25 heavy (non-hydrogen) atoms. The Hall–Kier alpha value is -2.34. The molecule has 2 amide bonds. The summed E-state index contributed by atoms with van der Waals surface area (Å²) in [6.07, 6.45) is 0.948. The Morgan fingerprint density at radius 3 is 3.00 bits per heavy atom. The van der Waals surface area contributed by atoms with Gasteiger partial charge in [-0.15, -0.1) is 11.8 Å². The number of benzene rings is 2. The highest BCUT2D eigenvalue weighted by atomic mass is 32.2. The van der Waals surface area contributed by atoms with E-state index in [1.54, 1.807) is 11.8 Å². The topological polar surface area (TPSA) is 50.8 Å². The zero-order valence-electron chi connectivity index (χ0n) is 14.0. The highest BCUT2D eigenvalue weighted by Crippen LogP contribution is 2.42. The maximum absolute atomic E-state index is 12.8. The van der Waals surface area contributed by atoms with Gasteiger partial charge in [-0.3, -0.25) is 0 Å².